The monoisotopic (exact) mass is 344 g/mol. The summed E-state index contributed by atoms with van der Waals surface area (Å²) in [5.41, 5.74) is 1.51. The predicted octanol–water partition coefficient (Wildman–Crippen LogP) is 2.16. The standard InChI is InChI=1S/C18H24N4OS/c1-2-19-17(22-12-18(23)8-10-24-13-18)21-11-14-7-9-20-16-6-4-3-5-15(14)16/h3-7,9,23H,2,8,10-13H2,1H3,(H2,19,21,22). The van der Waals surface area contributed by atoms with Crippen LogP contribution in [0, 0.1) is 0 Å². The lowest BCUT2D eigenvalue weighted by atomic mass is 10.0. The number of rotatable bonds is 5. The van der Waals surface area contributed by atoms with Crippen LogP contribution < -0.4 is 10.6 Å². The minimum Gasteiger partial charge on any atom is -0.387 e. The summed E-state index contributed by atoms with van der Waals surface area (Å²) in [6, 6.07) is 10.1. The minimum absolute atomic E-state index is 0.531. The highest BCUT2D eigenvalue weighted by Crippen LogP contribution is 2.26. The number of hydrogen-bond donors (Lipinski definition) is 3. The van der Waals surface area contributed by atoms with Gasteiger partial charge in [-0.1, -0.05) is 18.2 Å². The van der Waals surface area contributed by atoms with Gasteiger partial charge < -0.3 is 15.7 Å². The van der Waals surface area contributed by atoms with Gasteiger partial charge in [0, 0.05) is 30.4 Å². The van der Waals surface area contributed by atoms with Crippen LogP contribution in [0.2, 0.25) is 0 Å². The van der Waals surface area contributed by atoms with Gasteiger partial charge in [0.25, 0.3) is 0 Å². The normalized spacial score (nSPS) is 21.2. The summed E-state index contributed by atoms with van der Waals surface area (Å²) in [6.07, 6.45) is 2.66. The molecule has 1 unspecified atom stereocenters. The van der Waals surface area contributed by atoms with Crippen molar-refractivity contribution in [3.8, 4) is 0 Å². The number of fused-ring (bicyclic) bond motifs is 1. The van der Waals surface area contributed by atoms with E-state index in [9.17, 15) is 5.11 Å². The van der Waals surface area contributed by atoms with Gasteiger partial charge in [-0.15, -0.1) is 0 Å². The van der Waals surface area contributed by atoms with Crippen molar-refractivity contribution in [1.82, 2.24) is 15.6 Å². The molecule has 0 aliphatic carbocycles. The largest absolute Gasteiger partial charge is 0.387 e. The van der Waals surface area contributed by atoms with Crippen LogP contribution in [-0.4, -0.2) is 46.2 Å². The van der Waals surface area contributed by atoms with Crippen LogP contribution in [0.5, 0.6) is 0 Å². The molecule has 1 saturated heterocycles. The molecule has 0 saturated carbocycles. The molecule has 3 rings (SSSR count). The second-order valence-electron chi connectivity index (χ2n) is 6.06. The average molecular weight is 344 g/mol. The number of pyridine rings is 1. The molecule has 0 spiro atoms. The zero-order valence-electron chi connectivity index (χ0n) is 14.0. The van der Waals surface area contributed by atoms with Crippen molar-refractivity contribution in [2.45, 2.75) is 25.5 Å². The molecule has 1 atom stereocenters. The molecule has 5 nitrogen and oxygen atoms in total. The number of thioether (sulfide) groups is 1. The highest BCUT2D eigenvalue weighted by atomic mass is 32.2. The van der Waals surface area contributed by atoms with Crippen molar-refractivity contribution in [3.05, 3.63) is 42.1 Å². The molecule has 1 fully saturated rings. The third kappa shape index (κ3) is 4.19. The SMILES string of the molecule is CCNC(=NCc1ccnc2ccccc12)NCC1(O)CCSC1. The number of nitrogens with one attached hydrogen (secondary N) is 2. The van der Waals surface area contributed by atoms with Crippen molar-refractivity contribution >= 4 is 28.6 Å². The van der Waals surface area contributed by atoms with Crippen molar-refractivity contribution in [1.29, 1.82) is 0 Å². The molecular weight excluding hydrogens is 320 g/mol. The van der Waals surface area contributed by atoms with Crippen LogP contribution in [0.3, 0.4) is 0 Å². The van der Waals surface area contributed by atoms with Crippen LogP contribution in [0.25, 0.3) is 10.9 Å². The molecule has 2 aromatic rings. The number of benzene rings is 1. The summed E-state index contributed by atoms with van der Waals surface area (Å²) in [5.74, 6) is 2.55. The van der Waals surface area contributed by atoms with Gasteiger partial charge in [-0.3, -0.25) is 4.98 Å². The van der Waals surface area contributed by atoms with Gasteiger partial charge in [0.1, 0.15) is 0 Å². The van der Waals surface area contributed by atoms with Crippen LogP contribution in [0.1, 0.15) is 18.9 Å². The first-order valence-electron chi connectivity index (χ1n) is 8.35. The summed E-state index contributed by atoms with van der Waals surface area (Å²) >= 11 is 1.80. The van der Waals surface area contributed by atoms with E-state index >= 15 is 0 Å². The average Bonchev–Trinajstić information content (AvgIpc) is 3.04. The molecule has 1 aromatic carbocycles. The van der Waals surface area contributed by atoms with Gasteiger partial charge in [0.15, 0.2) is 5.96 Å². The van der Waals surface area contributed by atoms with Gasteiger partial charge >= 0.3 is 0 Å². The van der Waals surface area contributed by atoms with Gasteiger partial charge in [-0.25, -0.2) is 4.99 Å². The fourth-order valence-corrected chi connectivity index (χ4v) is 4.08. The fourth-order valence-electron chi connectivity index (χ4n) is 2.78. The van der Waals surface area contributed by atoms with E-state index in [2.05, 4.69) is 26.7 Å². The molecule has 1 aliphatic heterocycles. The first kappa shape index (κ1) is 17.0. The van der Waals surface area contributed by atoms with E-state index in [0.29, 0.717) is 13.1 Å². The van der Waals surface area contributed by atoms with E-state index in [1.54, 1.807) is 11.8 Å². The van der Waals surface area contributed by atoms with E-state index in [1.807, 2.05) is 37.4 Å². The van der Waals surface area contributed by atoms with Crippen LogP contribution >= 0.6 is 11.8 Å². The number of para-hydroxylation sites is 1. The van der Waals surface area contributed by atoms with E-state index < -0.39 is 5.60 Å². The van der Waals surface area contributed by atoms with Gasteiger partial charge in [0.05, 0.1) is 17.7 Å². The molecule has 0 amide bonds. The van der Waals surface area contributed by atoms with Crippen molar-refractivity contribution in [2.75, 3.05) is 24.6 Å². The summed E-state index contributed by atoms with van der Waals surface area (Å²) in [6.45, 7) is 3.93. The molecule has 2 heterocycles. The van der Waals surface area contributed by atoms with Crippen molar-refractivity contribution in [2.24, 2.45) is 4.99 Å². The number of guanidine groups is 1. The summed E-state index contributed by atoms with van der Waals surface area (Å²) in [5, 5.41) is 18.1. The topological polar surface area (TPSA) is 69.5 Å². The third-order valence-electron chi connectivity index (χ3n) is 4.16. The Morgan fingerprint density at radius 1 is 1.33 bits per heavy atom. The third-order valence-corrected chi connectivity index (χ3v) is 5.39. The Morgan fingerprint density at radius 3 is 3.00 bits per heavy atom. The molecule has 0 radical (unpaired) electrons. The summed E-state index contributed by atoms with van der Waals surface area (Å²) in [4.78, 5) is 9.06. The van der Waals surface area contributed by atoms with E-state index in [4.69, 9.17) is 0 Å². The summed E-state index contributed by atoms with van der Waals surface area (Å²) < 4.78 is 0. The van der Waals surface area contributed by atoms with Crippen molar-refractivity contribution < 1.29 is 5.11 Å². The second kappa shape index (κ2) is 7.85. The molecule has 1 aliphatic rings. The van der Waals surface area contributed by atoms with Gasteiger partial charge in [-0.2, -0.15) is 11.8 Å². The van der Waals surface area contributed by atoms with E-state index in [0.717, 1.165) is 46.9 Å². The lowest BCUT2D eigenvalue weighted by molar-refractivity contribution is 0.0724. The number of aliphatic hydroxyl groups is 1. The van der Waals surface area contributed by atoms with Crippen LogP contribution in [0.15, 0.2) is 41.5 Å². The zero-order valence-corrected chi connectivity index (χ0v) is 14.8. The number of hydrogen-bond acceptors (Lipinski definition) is 4. The molecule has 128 valence electrons. The Hall–Kier alpha value is -1.79. The Labute approximate surface area is 147 Å². The molecule has 3 N–H and O–H groups in total. The first-order valence-corrected chi connectivity index (χ1v) is 9.51. The van der Waals surface area contributed by atoms with Crippen LogP contribution in [0.4, 0.5) is 0 Å². The van der Waals surface area contributed by atoms with E-state index in [-0.39, 0.29) is 0 Å². The number of aromatic nitrogens is 1. The highest BCUT2D eigenvalue weighted by Gasteiger charge is 2.31. The van der Waals surface area contributed by atoms with Gasteiger partial charge in [-0.05, 0) is 36.8 Å². The minimum atomic E-state index is -0.621. The molecular formula is C18H24N4OS. The maximum Gasteiger partial charge on any atom is 0.191 e. The Morgan fingerprint density at radius 2 is 2.21 bits per heavy atom. The Kier molecular flexibility index (Phi) is 5.58. The quantitative estimate of drug-likeness (QED) is 0.573. The Bertz CT molecular complexity index is 708. The maximum atomic E-state index is 10.5. The lowest BCUT2D eigenvalue weighted by Crippen LogP contribution is -2.47. The maximum absolute atomic E-state index is 10.5. The van der Waals surface area contributed by atoms with Crippen LogP contribution in [-0.2, 0) is 6.54 Å². The number of nitrogens with zero attached hydrogens (tertiary/aromatic N) is 2. The molecule has 6 heteroatoms. The predicted molar refractivity (Wildman–Crippen MR) is 101 cm³/mol. The Balaban J connectivity index is 1.70. The second-order valence-corrected chi connectivity index (χ2v) is 7.17. The first-order chi connectivity index (χ1) is 11.7. The smallest absolute Gasteiger partial charge is 0.191 e. The summed E-state index contributed by atoms with van der Waals surface area (Å²) in [7, 11) is 0. The molecule has 24 heavy (non-hydrogen) atoms. The van der Waals surface area contributed by atoms with E-state index in [1.165, 1.54) is 0 Å². The highest BCUT2D eigenvalue weighted by molar-refractivity contribution is 7.99. The number of aliphatic imine (C=N–C) groups is 1. The lowest BCUT2D eigenvalue weighted by Gasteiger charge is -2.23. The van der Waals surface area contributed by atoms with Gasteiger partial charge in [0.2, 0.25) is 0 Å². The zero-order chi connectivity index (χ0) is 16.8. The molecule has 1 aromatic heterocycles. The fraction of sp³-hybridized carbons (Fsp3) is 0.444. The van der Waals surface area contributed by atoms with Crippen molar-refractivity contribution in [3.63, 3.8) is 0 Å². The molecule has 0 bridgehead atoms.